The zero-order valence-electron chi connectivity index (χ0n) is 11.8. The first-order valence-corrected chi connectivity index (χ1v) is 8.13. The van der Waals surface area contributed by atoms with E-state index in [0.717, 1.165) is 0 Å². The molecule has 22 heavy (non-hydrogen) atoms. The Balaban J connectivity index is 1.74. The van der Waals surface area contributed by atoms with Crippen molar-refractivity contribution < 1.29 is 23.0 Å². The van der Waals surface area contributed by atoms with Crippen molar-refractivity contribution in [2.45, 2.75) is 10.9 Å². The van der Waals surface area contributed by atoms with Crippen molar-refractivity contribution in [1.82, 2.24) is 5.16 Å². The van der Waals surface area contributed by atoms with E-state index < -0.39 is 16.9 Å². The van der Waals surface area contributed by atoms with Crippen LogP contribution in [0.4, 0.5) is 10.5 Å². The molecule has 2 aromatic rings. The maximum absolute atomic E-state index is 11.9. The van der Waals surface area contributed by atoms with E-state index in [1.54, 1.807) is 36.6 Å². The number of amides is 1. The maximum atomic E-state index is 11.9. The van der Waals surface area contributed by atoms with Gasteiger partial charge in [0.15, 0.2) is 0 Å². The van der Waals surface area contributed by atoms with Crippen LogP contribution in [0.3, 0.4) is 0 Å². The summed E-state index contributed by atoms with van der Waals surface area (Å²) in [6.07, 6.45) is 2.58. The van der Waals surface area contributed by atoms with Crippen LogP contribution in [0.2, 0.25) is 0 Å². The summed E-state index contributed by atoms with van der Waals surface area (Å²) in [7, 11) is -1.06. The number of benzene rings is 1. The molecule has 0 radical (unpaired) electrons. The predicted octanol–water partition coefficient (Wildman–Crippen LogP) is 1.82. The SMILES string of the molecule is CS(=O)c1ccc(N2C(=O)OC[C@H]2COc2ccon2)cc1. The van der Waals surface area contributed by atoms with E-state index in [1.165, 1.54) is 11.2 Å². The lowest BCUT2D eigenvalue weighted by atomic mass is 10.2. The second-order valence-electron chi connectivity index (χ2n) is 4.70. The van der Waals surface area contributed by atoms with E-state index in [2.05, 4.69) is 9.68 Å². The first-order valence-electron chi connectivity index (χ1n) is 6.58. The van der Waals surface area contributed by atoms with E-state index in [1.807, 2.05) is 0 Å². The molecule has 1 aromatic heterocycles. The zero-order chi connectivity index (χ0) is 15.5. The quantitative estimate of drug-likeness (QED) is 0.835. The Labute approximate surface area is 129 Å². The number of aromatic nitrogens is 1. The summed E-state index contributed by atoms with van der Waals surface area (Å²) in [4.78, 5) is 14.1. The molecular formula is C14H14N2O5S. The predicted molar refractivity (Wildman–Crippen MR) is 78.4 cm³/mol. The highest BCUT2D eigenvalue weighted by molar-refractivity contribution is 7.84. The number of cyclic esters (lactones) is 1. The molecule has 2 atom stereocenters. The molecule has 1 saturated heterocycles. The van der Waals surface area contributed by atoms with Crippen LogP contribution in [0.15, 0.2) is 46.0 Å². The van der Waals surface area contributed by atoms with E-state index in [4.69, 9.17) is 9.47 Å². The molecule has 0 saturated carbocycles. The highest BCUT2D eigenvalue weighted by atomic mass is 32.2. The Morgan fingerprint density at radius 1 is 1.36 bits per heavy atom. The smallest absolute Gasteiger partial charge is 0.414 e. The normalized spacial score (nSPS) is 19.0. The average Bonchev–Trinajstić information content (AvgIpc) is 3.15. The van der Waals surface area contributed by atoms with Crippen LogP contribution in [-0.2, 0) is 15.5 Å². The Bertz CT molecular complexity index is 671. The number of hydrogen-bond donors (Lipinski definition) is 0. The van der Waals surface area contributed by atoms with E-state index >= 15 is 0 Å². The standard InChI is InChI=1S/C14H14N2O5S/c1-22(18)12-4-2-10(3-5-12)16-11(9-20-14(16)17)8-19-13-6-7-21-15-13/h2-7,11H,8-9H2,1H3/t11-,22?/m1/s1. The van der Waals surface area contributed by atoms with Crippen molar-refractivity contribution in [3.8, 4) is 5.88 Å². The molecule has 0 spiro atoms. The second kappa shape index (κ2) is 6.18. The van der Waals surface area contributed by atoms with Crippen molar-refractivity contribution in [3.63, 3.8) is 0 Å². The van der Waals surface area contributed by atoms with Crippen LogP contribution in [0.5, 0.6) is 5.88 Å². The van der Waals surface area contributed by atoms with Gasteiger partial charge in [-0.25, -0.2) is 4.79 Å². The molecule has 0 aliphatic carbocycles. The van der Waals surface area contributed by atoms with Crippen molar-refractivity contribution in [2.24, 2.45) is 0 Å². The number of anilines is 1. The summed E-state index contributed by atoms with van der Waals surface area (Å²) >= 11 is 0. The summed E-state index contributed by atoms with van der Waals surface area (Å²) in [5.41, 5.74) is 0.672. The molecule has 1 unspecified atom stereocenters. The fraction of sp³-hybridized carbons (Fsp3) is 0.286. The van der Waals surface area contributed by atoms with Crippen LogP contribution in [0, 0.1) is 0 Å². The van der Waals surface area contributed by atoms with Gasteiger partial charge < -0.3 is 14.0 Å². The molecule has 3 rings (SSSR count). The minimum Gasteiger partial charge on any atom is -0.473 e. The summed E-state index contributed by atoms with van der Waals surface area (Å²) in [5.74, 6) is 0.357. The fourth-order valence-electron chi connectivity index (χ4n) is 2.16. The largest absolute Gasteiger partial charge is 0.473 e. The molecule has 1 amide bonds. The molecule has 1 aromatic carbocycles. The van der Waals surface area contributed by atoms with Gasteiger partial charge in [0.1, 0.15) is 25.5 Å². The number of carbonyl (C=O) groups is 1. The second-order valence-corrected chi connectivity index (χ2v) is 6.08. The highest BCUT2D eigenvalue weighted by Crippen LogP contribution is 2.24. The van der Waals surface area contributed by atoms with Gasteiger partial charge in [-0.2, -0.15) is 0 Å². The van der Waals surface area contributed by atoms with Gasteiger partial charge >= 0.3 is 6.09 Å². The van der Waals surface area contributed by atoms with Gasteiger partial charge in [0.2, 0.25) is 0 Å². The van der Waals surface area contributed by atoms with Crippen LogP contribution >= 0.6 is 0 Å². The molecule has 8 heteroatoms. The van der Waals surface area contributed by atoms with Crippen LogP contribution < -0.4 is 9.64 Å². The molecule has 1 aliphatic rings. The number of ether oxygens (including phenoxy) is 2. The third-order valence-electron chi connectivity index (χ3n) is 3.25. The van der Waals surface area contributed by atoms with Gasteiger partial charge in [-0.15, -0.1) is 0 Å². The molecular weight excluding hydrogens is 308 g/mol. The van der Waals surface area contributed by atoms with Crippen molar-refractivity contribution in [1.29, 1.82) is 0 Å². The molecule has 2 heterocycles. The van der Waals surface area contributed by atoms with Gasteiger partial charge in [0.25, 0.3) is 5.88 Å². The lowest BCUT2D eigenvalue weighted by Gasteiger charge is -2.21. The fourth-order valence-corrected chi connectivity index (χ4v) is 2.67. The third kappa shape index (κ3) is 2.96. The minimum atomic E-state index is -1.06. The van der Waals surface area contributed by atoms with Gasteiger partial charge in [0, 0.05) is 33.7 Å². The molecule has 1 aliphatic heterocycles. The van der Waals surface area contributed by atoms with Gasteiger partial charge in [-0.05, 0) is 29.4 Å². The average molecular weight is 322 g/mol. The lowest BCUT2D eigenvalue weighted by molar-refractivity contribution is 0.174. The Hall–Kier alpha value is -2.35. The molecule has 7 nitrogen and oxygen atoms in total. The van der Waals surface area contributed by atoms with Gasteiger partial charge in [0.05, 0.1) is 0 Å². The van der Waals surface area contributed by atoms with Gasteiger partial charge in [-0.3, -0.25) is 9.11 Å². The Morgan fingerprint density at radius 3 is 2.77 bits per heavy atom. The van der Waals surface area contributed by atoms with E-state index in [-0.39, 0.29) is 19.3 Å². The van der Waals surface area contributed by atoms with E-state index in [0.29, 0.717) is 16.5 Å². The number of nitrogens with zero attached hydrogens (tertiary/aromatic N) is 2. The van der Waals surface area contributed by atoms with Crippen LogP contribution in [0.25, 0.3) is 0 Å². The minimum absolute atomic E-state index is 0.234. The molecule has 0 bridgehead atoms. The number of rotatable bonds is 5. The van der Waals surface area contributed by atoms with E-state index in [9.17, 15) is 9.00 Å². The summed E-state index contributed by atoms with van der Waals surface area (Å²) in [6, 6.07) is 8.27. The first kappa shape index (κ1) is 14.6. The molecule has 0 N–H and O–H groups in total. The molecule has 116 valence electrons. The van der Waals surface area contributed by atoms with Gasteiger partial charge in [-0.1, -0.05) is 0 Å². The van der Waals surface area contributed by atoms with Crippen molar-refractivity contribution in [2.75, 3.05) is 24.4 Å². The number of hydrogen-bond acceptors (Lipinski definition) is 6. The topological polar surface area (TPSA) is 81.9 Å². The monoisotopic (exact) mass is 322 g/mol. The van der Waals surface area contributed by atoms with Crippen LogP contribution in [-0.4, -0.2) is 41.0 Å². The summed E-state index contributed by atoms with van der Waals surface area (Å²) in [5, 5.41) is 3.65. The number of carbonyl (C=O) groups excluding carboxylic acids is 1. The lowest BCUT2D eigenvalue weighted by Crippen LogP contribution is -2.37. The first-order chi connectivity index (χ1) is 10.6. The maximum Gasteiger partial charge on any atom is 0.414 e. The van der Waals surface area contributed by atoms with Crippen LogP contribution in [0.1, 0.15) is 0 Å². The third-order valence-corrected chi connectivity index (χ3v) is 4.18. The summed E-state index contributed by atoms with van der Waals surface area (Å²) in [6.45, 7) is 0.470. The Morgan fingerprint density at radius 2 is 2.14 bits per heavy atom. The summed E-state index contributed by atoms with van der Waals surface area (Å²) < 4.78 is 26.6. The zero-order valence-corrected chi connectivity index (χ0v) is 12.6. The Kier molecular flexibility index (Phi) is 4.10. The highest BCUT2D eigenvalue weighted by Gasteiger charge is 2.35. The van der Waals surface area contributed by atoms with Crippen molar-refractivity contribution in [3.05, 3.63) is 36.6 Å². The molecule has 1 fully saturated rings. The van der Waals surface area contributed by atoms with Crippen molar-refractivity contribution >= 4 is 22.6 Å².